The SMILES string of the molecule is Cc1cc(SCC(=O)c2ccc3c(c2)CCCN3S(C)(=O)=O)nc2ccccc12. The predicted molar refractivity (Wildman–Crippen MR) is 118 cm³/mol. The monoisotopic (exact) mass is 426 g/mol. The van der Waals surface area contributed by atoms with Crippen molar-refractivity contribution >= 4 is 44.2 Å². The highest BCUT2D eigenvalue weighted by Gasteiger charge is 2.24. The Morgan fingerprint density at radius 1 is 1.17 bits per heavy atom. The average Bonchev–Trinajstić information content (AvgIpc) is 2.70. The van der Waals surface area contributed by atoms with E-state index < -0.39 is 10.0 Å². The fourth-order valence-electron chi connectivity index (χ4n) is 3.70. The number of aromatic nitrogens is 1. The fourth-order valence-corrected chi connectivity index (χ4v) is 5.56. The lowest BCUT2D eigenvalue weighted by atomic mass is 9.99. The van der Waals surface area contributed by atoms with Crippen LogP contribution in [0.15, 0.2) is 53.6 Å². The molecule has 0 aliphatic carbocycles. The van der Waals surface area contributed by atoms with Crippen molar-refractivity contribution in [2.24, 2.45) is 0 Å². The van der Waals surface area contributed by atoms with Crippen molar-refractivity contribution in [3.8, 4) is 0 Å². The van der Waals surface area contributed by atoms with Crippen LogP contribution in [0.5, 0.6) is 0 Å². The second kappa shape index (κ2) is 7.80. The van der Waals surface area contributed by atoms with E-state index in [1.165, 1.54) is 22.3 Å². The number of thioether (sulfide) groups is 1. The van der Waals surface area contributed by atoms with Gasteiger partial charge in [-0.2, -0.15) is 0 Å². The lowest BCUT2D eigenvalue weighted by Crippen LogP contribution is -2.34. The molecule has 0 bridgehead atoms. The zero-order valence-corrected chi connectivity index (χ0v) is 18.0. The number of fused-ring (bicyclic) bond motifs is 2. The number of carbonyl (C=O) groups is 1. The average molecular weight is 427 g/mol. The Balaban J connectivity index is 1.52. The number of hydrogen-bond acceptors (Lipinski definition) is 5. The summed E-state index contributed by atoms with van der Waals surface area (Å²) in [6.07, 6.45) is 2.75. The minimum absolute atomic E-state index is 0.0156. The number of para-hydroxylation sites is 1. The molecule has 0 spiro atoms. The molecule has 0 saturated carbocycles. The maximum atomic E-state index is 12.8. The van der Waals surface area contributed by atoms with Gasteiger partial charge in [0.15, 0.2) is 5.78 Å². The molecular weight excluding hydrogens is 404 g/mol. The summed E-state index contributed by atoms with van der Waals surface area (Å²) < 4.78 is 25.4. The van der Waals surface area contributed by atoms with Crippen LogP contribution in [0.2, 0.25) is 0 Å². The number of ketones is 1. The maximum absolute atomic E-state index is 12.8. The van der Waals surface area contributed by atoms with E-state index in [1.807, 2.05) is 43.3 Å². The summed E-state index contributed by atoms with van der Waals surface area (Å²) in [5.74, 6) is 0.307. The Morgan fingerprint density at radius 3 is 2.76 bits per heavy atom. The minimum atomic E-state index is -3.30. The number of aryl methyl sites for hydroxylation is 2. The van der Waals surface area contributed by atoms with E-state index in [4.69, 9.17) is 0 Å². The Bertz CT molecular complexity index is 1210. The molecule has 29 heavy (non-hydrogen) atoms. The molecule has 0 unspecified atom stereocenters. The molecule has 5 nitrogen and oxygen atoms in total. The Morgan fingerprint density at radius 2 is 1.97 bits per heavy atom. The Hall–Kier alpha value is -2.38. The Kier molecular flexibility index (Phi) is 5.36. The van der Waals surface area contributed by atoms with Gasteiger partial charge >= 0.3 is 0 Å². The van der Waals surface area contributed by atoms with E-state index in [-0.39, 0.29) is 5.78 Å². The third kappa shape index (κ3) is 4.16. The molecule has 150 valence electrons. The molecule has 2 aromatic carbocycles. The number of benzene rings is 2. The third-order valence-corrected chi connectivity index (χ3v) is 7.22. The summed E-state index contributed by atoms with van der Waals surface area (Å²) in [5, 5.41) is 1.95. The maximum Gasteiger partial charge on any atom is 0.232 e. The van der Waals surface area contributed by atoms with Crippen LogP contribution in [0.3, 0.4) is 0 Å². The van der Waals surface area contributed by atoms with E-state index in [0.29, 0.717) is 23.5 Å². The largest absolute Gasteiger partial charge is 0.293 e. The number of sulfonamides is 1. The molecule has 0 radical (unpaired) electrons. The van der Waals surface area contributed by atoms with Gasteiger partial charge in [0.05, 0.1) is 28.2 Å². The van der Waals surface area contributed by atoms with Gasteiger partial charge in [0.1, 0.15) is 0 Å². The molecule has 0 saturated heterocycles. The van der Waals surface area contributed by atoms with Gasteiger partial charge in [0.25, 0.3) is 0 Å². The first-order valence-corrected chi connectivity index (χ1v) is 12.3. The van der Waals surface area contributed by atoms with Crippen molar-refractivity contribution in [1.29, 1.82) is 0 Å². The summed E-state index contributed by atoms with van der Waals surface area (Å²) in [5.41, 5.74) is 4.29. The van der Waals surface area contributed by atoms with Crippen LogP contribution in [-0.2, 0) is 16.4 Å². The Labute approximate surface area is 175 Å². The summed E-state index contributed by atoms with van der Waals surface area (Å²) >= 11 is 1.43. The highest BCUT2D eigenvalue weighted by molar-refractivity contribution is 7.99. The summed E-state index contributed by atoms with van der Waals surface area (Å²) in [7, 11) is -3.30. The normalized spacial score (nSPS) is 14.1. The second-order valence-corrected chi connectivity index (χ2v) is 10.2. The standard InChI is InChI=1S/C22H22N2O3S2/c1-15-12-22(23-19-8-4-3-7-18(15)19)28-14-21(25)17-9-10-20-16(13-17)6-5-11-24(20)29(2,26)27/h3-4,7-10,12-13H,5-6,11,14H2,1-2H3. The van der Waals surface area contributed by atoms with E-state index in [1.54, 1.807) is 12.1 Å². The molecule has 1 aliphatic rings. The molecule has 2 heterocycles. The number of carbonyl (C=O) groups excluding carboxylic acids is 1. The zero-order chi connectivity index (χ0) is 20.6. The summed E-state index contributed by atoms with van der Waals surface area (Å²) in [6.45, 7) is 2.54. The van der Waals surface area contributed by atoms with Crippen molar-refractivity contribution in [3.63, 3.8) is 0 Å². The lowest BCUT2D eigenvalue weighted by molar-refractivity contribution is 0.102. The van der Waals surface area contributed by atoms with Gasteiger partial charge in [-0.05, 0) is 61.2 Å². The van der Waals surface area contributed by atoms with Gasteiger partial charge in [-0.25, -0.2) is 13.4 Å². The van der Waals surface area contributed by atoms with E-state index in [0.717, 1.165) is 39.9 Å². The molecule has 0 fully saturated rings. The van der Waals surface area contributed by atoms with Crippen LogP contribution in [-0.4, -0.2) is 37.7 Å². The highest BCUT2D eigenvalue weighted by Crippen LogP contribution is 2.31. The molecule has 0 N–H and O–H groups in total. The van der Waals surface area contributed by atoms with Gasteiger partial charge in [-0.1, -0.05) is 30.0 Å². The van der Waals surface area contributed by atoms with Crippen LogP contribution in [0.4, 0.5) is 5.69 Å². The van der Waals surface area contributed by atoms with Gasteiger partial charge in [0, 0.05) is 17.5 Å². The summed E-state index contributed by atoms with van der Waals surface area (Å²) in [6, 6.07) is 15.3. The summed E-state index contributed by atoms with van der Waals surface area (Å²) in [4.78, 5) is 17.4. The molecule has 0 amide bonds. The lowest BCUT2D eigenvalue weighted by Gasteiger charge is -2.29. The van der Waals surface area contributed by atoms with Crippen molar-refractivity contribution < 1.29 is 13.2 Å². The third-order valence-electron chi connectivity index (χ3n) is 5.13. The molecule has 0 atom stereocenters. The number of pyridine rings is 1. The first-order chi connectivity index (χ1) is 13.8. The number of nitrogens with zero attached hydrogens (tertiary/aromatic N) is 2. The molecule has 3 aromatic rings. The van der Waals surface area contributed by atoms with Crippen molar-refractivity contribution in [1.82, 2.24) is 4.98 Å². The minimum Gasteiger partial charge on any atom is -0.293 e. The first-order valence-electron chi connectivity index (χ1n) is 9.46. The predicted octanol–water partition coefficient (Wildman–Crippen LogP) is 4.23. The van der Waals surface area contributed by atoms with Gasteiger partial charge < -0.3 is 0 Å². The van der Waals surface area contributed by atoms with Gasteiger partial charge in [-0.15, -0.1) is 0 Å². The molecule has 1 aliphatic heterocycles. The second-order valence-electron chi connectivity index (χ2n) is 7.29. The molecule has 4 rings (SSSR count). The number of hydrogen-bond donors (Lipinski definition) is 0. The molecule has 7 heteroatoms. The van der Waals surface area contributed by atoms with Crippen LogP contribution in [0.1, 0.15) is 27.9 Å². The van der Waals surface area contributed by atoms with Crippen LogP contribution >= 0.6 is 11.8 Å². The zero-order valence-electron chi connectivity index (χ0n) is 16.4. The van der Waals surface area contributed by atoms with Gasteiger partial charge in [0.2, 0.25) is 10.0 Å². The molecule has 1 aromatic heterocycles. The van der Waals surface area contributed by atoms with E-state index in [9.17, 15) is 13.2 Å². The number of anilines is 1. The fraction of sp³-hybridized carbons (Fsp3) is 0.273. The van der Waals surface area contributed by atoms with Crippen molar-refractivity contribution in [3.05, 3.63) is 65.2 Å². The van der Waals surface area contributed by atoms with Crippen molar-refractivity contribution in [2.75, 3.05) is 22.9 Å². The quantitative estimate of drug-likeness (QED) is 0.451. The van der Waals surface area contributed by atoms with Crippen LogP contribution in [0, 0.1) is 6.92 Å². The van der Waals surface area contributed by atoms with E-state index in [2.05, 4.69) is 4.98 Å². The molecular formula is C22H22N2O3S2. The first kappa shape index (κ1) is 19.9. The van der Waals surface area contributed by atoms with Crippen LogP contribution < -0.4 is 4.31 Å². The smallest absolute Gasteiger partial charge is 0.232 e. The number of rotatable bonds is 5. The van der Waals surface area contributed by atoms with Crippen molar-refractivity contribution in [2.45, 2.75) is 24.8 Å². The topological polar surface area (TPSA) is 67.3 Å². The highest BCUT2D eigenvalue weighted by atomic mass is 32.2. The number of Topliss-reactive ketones (excluding diaryl/α,β-unsaturated/α-hetero) is 1. The van der Waals surface area contributed by atoms with Gasteiger partial charge in [-0.3, -0.25) is 9.10 Å². The van der Waals surface area contributed by atoms with E-state index >= 15 is 0 Å². The van der Waals surface area contributed by atoms with Crippen LogP contribution in [0.25, 0.3) is 10.9 Å².